The fourth-order valence-electron chi connectivity index (χ4n) is 4.11. The van der Waals surface area contributed by atoms with Crippen LogP contribution in [0.5, 0.6) is 5.75 Å². The molecule has 3 aromatic rings. The molecule has 0 aromatic heterocycles. The number of nitrogens with one attached hydrogen (secondary N) is 1. The van der Waals surface area contributed by atoms with Gasteiger partial charge in [-0.2, -0.15) is 0 Å². The molecule has 0 heterocycles. The van der Waals surface area contributed by atoms with Gasteiger partial charge in [0.25, 0.3) is 10.0 Å². The summed E-state index contributed by atoms with van der Waals surface area (Å²) in [6, 6.07) is 20.4. The van der Waals surface area contributed by atoms with Crippen LogP contribution < -0.4 is 14.4 Å². The number of amides is 2. The first-order chi connectivity index (χ1) is 18.6. The zero-order valence-corrected chi connectivity index (χ0v) is 24.1. The van der Waals surface area contributed by atoms with Gasteiger partial charge in [-0.3, -0.25) is 13.9 Å². The van der Waals surface area contributed by atoms with Crippen molar-refractivity contribution in [2.24, 2.45) is 0 Å². The summed E-state index contributed by atoms with van der Waals surface area (Å²) < 4.78 is 33.9. The van der Waals surface area contributed by atoms with Crippen LogP contribution in [0.25, 0.3) is 0 Å². The standard InChI is InChI=1S/C29H34ClN3O5S/c1-5-27(29(35)31-21(2)3)32(19-22-11-9-10-14-26(22)30)28(34)20-33(23-12-7-6-8-13-23)39(36,37)25-17-15-24(38-4)16-18-25/h6-18,21,27H,5,19-20H2,1-4H3,(H,31,35)/t27-/m0/s1. The first-order valence-electron chi connectivity index (χ1n) is 12.6. The number of methoxy groups -OCH3 is 1. The third kappa shape index (κ3) is 7.52. The van der Waals surface area contributed by atoms with Crippen LogP contribution in [0.1, 0.15) is 32.8 Å². The molecule has 1 atom stereocenters. The minimum Gasteiger partial charge on any atom is -0.497 e. The number of carbonyl (C=O) groups is 2. The zero-order chi connectivity index (χ0) is 28.6. The number of hydrogen-bond acceptors (Lipinski definition) is 5. The average Bonchev–Trinajstić information content (AvgIpc) is 2.92. The molecule has 8 nitrogen and oxygen atoms in total. The van der Waals surface area contributed by atoms with Crippen molar-refractivity contribution in [1.29, 1.82) is 0 Å². The lowest BCUT2D eigenvalue weighted by atomic mass is 10.1. The van der Waals surface area contributed by atoms with Gasteiger partial charge in [0, 0.05) is 17.6 Å². The maximum Gasteiger partial charge on any atom is 0.264 e. The largest absolute Gasteiger partial charge is 0.497 e. The van der Waals surface area contributed by atoms with E-state index in [2.05, 4.69) is 5.32 Å². The monoisotopic (exact) mass is 571 g/mol. The lowest BCUT2D eigenvalue weighted by molar-refractivity contribution is -0.140. The van der Waals surface area contributed by atoms with E-state index in [-0.39, 0.29) is 23.4 Å². The van der Waals surface area contributed by atoms with Gasteiger partial charge in [0.15, 0.2) is 0 Å². The summed E-state index contributed by atoms with van der Waals surface area (Å²) in [7, 11) is -2.67. The summed E-state index contributed by atoms with van der Waals surface area (Å²) in [5.74, 6) is -0.358. The highest BCUT2D eigenvalue weighted by Crippen LogP contribution is 2.26. The number of hydrogen-bond donors (Lipinski definition) is 1. The molecule has 0 saturated carbocycles. The molecule has 0 aliphatic carbocycles. The van der Waals surface area contributed by atoms with E-state index >= 15 is 0 Å². The molecule has 3 aromatic carbocycles. The van der Waals surface area contributed by atoms with Crippen molar-refractivity contribution in [3.63, 3.8) is 0 Å². The Labute approximate surface area is 235 Å². The van der Waals surface area contributed by atoms with Crippen molar-refractivity contribution in [2.75, 3.05) is 18.0 Å². The molecule has 0 aliphatic rings. The Balaban J connectivity index is 2.05. The molecular formula is C29H34ClN3O5S. The lowest BCUT2D eigenvalue weighted by Crippen LogP contribution is -2.53. The molecule has 10 heteroatoms. The molecule has 0 bridgehead atoms. The number of sulfonamides is 1. The SMILES string of the molecule is CC[C@@H](C(=O)NC(C)C)N(Cc1ccccc1Cl)C(=O)CN(c1ccccc1)S(=O)(=O)c1ccc(OC)cc1. The van der Waals surface area contributed by atoms with E-state index in [9.17, 15) is 18.0 Å². The fourth-order valence-corrected chi connectivity index (χ4v) is 5.72. The Hall–Kier alpha value is -3.56. The molecule has 2 amide bonds. The highest BCUT2D eigenvalue weighted by Gasteiger charge is 2.34. The van der Waals surface area contributed by atoms with Gasteiger partial charge in [-0.05, 0) is 68.3 Å². The van der Waals surface area contributed by atoms with Crippen molar-refractivity contribution < 1.29 is 22.7 Å². The Morgan fingerprint density at radius 3 is 2.13 bits per heavy atom. The van der Waals surface area contributed by atoms with Crippen molar-refractivity contribution in [2.45, 2.75) is 50.7 Å². The second-order valence-corrected chi connectivity index (χ2v) is 11.5. The van der Waals surface area contributed by atoms with Crippen LogP contribution in [0.2, 0.25) is 5.02 Å². The van der Waals surface area contributed by atoms with Gasteiger partial charge < -0.3 is 15.0 Å². The lowest BCUT2D eigenvalue weighted by Gasteiger charge is -2.33. The van der Waals surface area contributed by atoms with E-state index in [0.717, 1.165) is 4.31 Å². The van der Waals surface area contributed by atoms with Crippen molar-refractivity contribution in [3.8, 4) is 5.75 Å². The first-order valence-corrected chi connectivity index (χ1v) is 14.4. The van der Waals surface area contributed by atoms with Gasteiger partial charge in [0.1, 0.15) is 18.3 Å². The van der Waals surface area contributed by atoms with E-state index in [1.807, 2.05) is 13.8 Å². The van der Waals surface area contributed by atoms with E-state index in [0.29, 0.717) is 28.4 Å². The van der Waals surface area contributed by atoms with Gasteiger partial charge in [-0.15, -0.1) is 0 Å². The van der Waals surface area contributed by atoms with Crippen LogP contribution in [0.3, 0.4) is 0 Å². The number of nitrogens with zero attached hydrogens (tertiary/aromatic N) is 2. The number of carbonyl (C=O) groups excluding carboxylic acids is 2. The summed E-state index contributed by atoms with van der Waals surface area (Å²) in [6.07, 6.45) is 0.325. The Kier molecular flexibility index (Phi) is 10.4. The zero-order valence-electron chi connectivity index (χ0n) is 22.5. The predicted molar refractivity (Wildman–Crippen MR) is 153 cm³/mol. The molecule has 0 fully saturated rings. The minimum atomic E-state index is -4.16. The van der Waals surface area contributed by atoms with Crippen LogP contribution in [0.15, 0.2) is 83.8 Å². The molecule has 0 unspecified atom stereocenters. The molecular weight excluding hydrogens is 538 g/mol. The minimum absolute atomic E-state index is 0.00204. The van der Waals surface area contributed by atoms with Crippen molar-refractivity contribution >= 4 is 39.1 Å². The molecule has 0 aliphatic heterocycles. The molecule has 0 saturated heterocycles. The third-order valence-electron chi connectivity index (χ3n) is 6.09. The maximum atomic E-state index is 14.0. The highest BCUT2D eigenvalue weighted by molar-refractivity contribution is 7.92. The summed E-state index contributed by atoms with van der Waals surface area (Å²) in [5, 5.41) is 3.32. The van der Waals surface area contributed by atoms with E-state index in [1.54, 1.807) is 73.7 Å². The quantitative estimate of drug-likeness (QED) is 0.334. The first kappa shape index (κ1) is 30.0. The van der Waals surface area contributed by atoms with Crippen molar-refractivity contribution in [3.05, 3.63) is 89.4 Å². The average molecular weight is 572 g/mol. The molecule has 1 N–H and O–H groups in total. The number of anilines is 1. The van der Waals surface area contributed by atoms with Crippen LogP contribution in [-0.2, 0) is 26.2 Å². The predicted octanol–water partition coefficient (Wildman–Crippen LogP) is 4.88. The topological polar surface area (TPSA) is 96.0 Å². The van der Waals surface area contributed by atoms with E-state index in [1.165, 1.54) is 24.1 Å². The van der Waals surface area contributed by atoms with Crippen LogP contribution in [-0.4, -0.2) is 50.9 Å². The number of ether oxygens (including phenoxy) is 1. The number of benzene rings is 3. The smallest absolute Gasteiger partial charge is 0.264 e. The van der Waals surface area contributed by atoms with Crippen LogP contribution in [0, 0.1) is 0 Å². The number of halogens is 1. The van der Waals surface area contributed by atoms with Crippen LogP contribution in [0.4, 0.5) is 5.69 Å². The summed E-state index contributed by atoms with van der Waals surface area (Å²) in [6.45, 7) is 5.00. The van der Waals surface area contributed by atoms with Gasteiger partial charge in [0.2, 0.25) is 11.8 Å². The highest BCUT2D eigenvalue weighted by atomic mass is 35.5. The molecule has 208 valence electrons. The fraction of sp³-hybridized carbons (Fsp3) is 0.310. The van der Waals surface area contributed by atoms with Gasteiger partial charge in [0.05, 0.1) is 17.7 Å². The van der Waals surface area contributed by atoms with Gasteiger partial charge >= 0.3 is 0 Å². The Morgan fingerprint density at radius 1 is 0.949 bits per heavy atom. The Bertz CT molecular complexity index is 1370. The van der Waals surface area contributed by atoms with E-state index < -0.39 is 28.5 Å². The second-order valence-electron chi connectivity index (χ2n) is 9.22. The van der Waals surface area contributed by atoms with Gasteiger partial charge in [-0.25, -0.2) is 8.42 Å². The number of rotatable bonds is 12. The Morgan fingerprint density at radius 2 is 1.56 bits per heavy atom. The second kappa shape index (κ2) is 13.5. The number of para-hydroxylation sites is 1. The van der Waals surface area contributed by atoms with Crippen LogP contribution >= 0.6 is 11.6 Å². The summed E-state index contributed by atoms with van der Waals surface area (Å²) in [5.41, 5.74) is 0.964. The summed E-state index contributed by atoms with van der Waals surface area (Å²) >= 11 is 6.41. The third-order valence-corrected chi connectivity index (χ3v) is 8.24. The maximum absolute atomic E-state index is 14.0. The molecule has 0 radical (unpaired) electrons. The van der Waals surface area contributed by atoms with E-state index in [4.69, 9.17) is 16.3 Å². The molecule has 0 spiro atoms. The summed E-state index contributed by atoms with van der Waals surface area (Å²) in [4.78, 5) is 28.6. The van der Waals surface area contributed by atoms with Crippen molar-refractivity contribution in [1.82, 2.24) is 10.2 Å². The normalized spacial score (nSPS) is 12.1. The van der Waals surface area contributed by atoms with Gasteiger partial charge in [-0.1, -0.05) is 54.9 Å². The molecule has 3 rings (SSSR count). The molecule has 39 heavy (non-hydrogen) atoms.